The summed E-state index contributed by atoms with van der Waals surface area (Å²) in [5, 5.41) is 3.43. The molecule has 29 heavy (non-hydrogen) atoms. The van der Waals surface area contributed by atoms with E-state index in [-0.39, 0.29) is 17.5 Å². The molecule has 2 aliphatic rings. The molecule has 2 amide bonds. The van der Waals surface area contributed by atoms with Gasteiger partial charge in [-0.1, -0.05) is 12.1 Å². The van der Waals surface area contributed by atoms with Gasteiger partial charge in [0.15, 0.2) is 11.6 Å². The molecule has 4 nitrogen and oxygen atoms in total. The summed E-state index contributed by atoms with van der Waals surface area (Å²) >= 11 is 2.30. The highest BCUT2D eigenvalue weighted by molar-refractivity contribution is 14.1. The van der Waals surface area contributed by atoms with Crippen molar-refractivity contribution in [2.24, 2.45) is 0 Å². The first kappa shape index (κ1) is 20.5. The van der Waals surface area contributed by atoms with Gasteiger partial charge in [-0.05, 0) is 85.3 Å². The summed E-state index contributed by atoms with van der Waals surface area (Å²) in [6, 6.07) is 12.1. The average Bonchev–Trinajstić information content (AvgIpc) is 3.11. The number of carbonyl (C=O) groups excluding carboxylic acids is 1. The van der Waals surface area contributed by atoms with Crippen LogP contribution >= 0.6 is 22.6 Å². The van der Waals surface area contributed by atoms with Crippen molar-refractivity contribution in [3.63, 3.8) is 0 Å². The third-order valence-corrected chi connectivity index (χ3v) is 7.16. The molecule has 2 saturated heterocycles. The second-order valence-electron chi connectivity index (χ2n) is 7.82. The number of benzene rings is 2. The number of piperidine rings is 1. The molecule has 0 aliphatic carbocycles. The SMILES string of the molecule is CC(N1CCN(c2ccc(F)c(F)c2)C1=O)C1(c2ccc(I)cc2)CCNCC1. The zero-order valence-corrected chi connectivity index (χ0v) is 18.5. The Morgan fingerprint density at radius 3 is 2.38 bits per heavy atom. The molecule has 2 heterocycles. The summed E-state index contributed by atoms with van der Waals surface area (Å²) in [7, 11) is 0. The Balaban J connectivity index is 1.63. The molecule has 2 aromatic carbocycles. The van der Waals surface area contributed by atoms with Crippen molar-refractivity contribution in [2.75, 3.05) is 31.1 Å². The van der Waals surface area contributed by atoms with E-state index in [1.807, 2.05) is 4.90 Å². The van der Waals surface area contributed by atoms with Crippen LogP contribution in [0.15, 0.2) is 42.5 Å². The molecule has 0 bridgehead atoms. The van der Waals surface area contributed by atoms with Crippen molar-refractivity contribution in [1.29, 1.82) is 0 Å². The van der Waals surface area contributed by atoms with E-state index in [2.05, 4.69) is 59.1 Å². The van der Waals surface area contributed by atoms with Crippen molar-refractivity contribution >= 4 is 34.3 Å². The van der Waals surface area contributed by atoms with Crippen molar-refractivity contribution in [3.05, 3.63) is 63.2 Å². The van der Waals surface area contributed by atoms with E-state index in [0.29, 0.717) is 18.8 Å². The number of anilines is 1. The molecule has 0 aromatic heterocycles. The van der Waals surface area contributed by atoms with Crippen LogP contribution in [0, 0.1) is 15.2 Å². The molecule has 7 heteroatoms. The zero-order valence-electron chi connectivity index (χ0n) is 16.3. The molecule has 154 valence electrons. The second-order valence-corrected chi connectivity index (χ2v) is 9.06. The lowest BCUT2D eigenvalue weighted by Crippen LogP contribution is -2.54. The smallest absolute Gasteiger partial charge is 0.319 e. The van der Waals surface area contributed by atoms with Crippen LogP contribution in [-0.4, -0.2) is 43.2 Å². The molecule has 1 N–H and O–H groups in total. The topological polar surface area (TPSA) is 35.6 Å². The minimum Gasteiger partial charge on any atom is -0.319 e. The molecule has 0 radical (unpaired) electrons. The van der Waals surface area contributed by atoms with Crippen LogP contribution < -0.4 is 10.2 Å². The van der Waals surface area contributed by atoms with Gasteiger partial charge in [0.25, 0.3) is 0 Å². The highest BCUT2D eigenvalue weighted by Crippen LogP contribution is 2.40. The predicted molar refractivity (Wildman–Crippen MR) is 118 cm³/mol. The second kappa shape index (κ2) is 8.18. The zero-order chi connectivity index (χ0) is 20.6. The number of hydrogen-bond donors (Lipinski definition) is 1. The molecular formula is C22H24F2IN3O. The van der Waals surface area contributed by atoms with Gasteiger partial charge in [0.05, 0.1) is 0 Å². The monoisotopic (exact) mass is 511 g/mol. The minimum atomic E-state index is -0.935. The first-order valence-electron chi connectivity index (χ1n) is 9.92. The van der Waals surface area contributed by atoms with Gasteiger partial charge in [-0.15, -0.1) is 0 Å². The molecule has 2 aliphatic heterocycles. The lowest BCUT2D eigenvalue weighted by atomic mass is 9.68. The van der Waals surface area contributed by atoms with Crippen LogP contribution in [0.25, 0.3) is 0 Å². The van der Waals surface area contributed by atoms with E-state index in [0.717, 1.165) is 38.1 Å². The lowest BCUT2D eigenvalue weighted by molar-refractivity contribution is 0.138. The fourth-order valence-corrected chi connectivity index (χ4v) is 5.07. The molecule has 2 fully saturated rings. The van der Waals surface area contributed by atoms with Crippen LogP contribution in [0.3, 0.4) is 0 Å². The minimum absolute atomic E-state index is 0.00698. The Kier molecular flexibility index (Phi) is 5.79. The van der Waals surface area contributed by atoms with Gasteiger partial charge in [-0.3, -0.25) is 4.90 Å². The highest BCUT2D eigenvalue weighted by atomic mass is 127. The summed E-state index contributed by atoms with van der Waals surface area (Å²) in [6.07, 6.45) is 1.90. The standard InChI is InChI=1S/C22H24F2IN3O/c1-15(22(8-10-26-11-9-22)16-2-4-17(25)5-3-16)27-12-13-28(21(27)29)18-6-7-19(23)20(24)14-18/h2-7,14-15,26H,8-13H2,1H3. The predicted octanol–water partition coefficient (Wildman–Crippen LogP) is 4.52. The molecule has 2 aromatic rings. The lowest BCUT2D eigenvalue weighted by Gasteiger charge is -2.46. The van der Waals surface area contributed by atoms with Crippen LogP contribution in [0.4, 0.5) is 19.3 Å². The van der Waals surface area contributed by atoms with Crippen LogP contribution in [0.5, 0.6) is 0 Å². The van der Waals surface area contributed by atoms with Gasteiger partial charge in [-0.2, -0.15) is 0 Å². The number of hydrogen-bond acceptors (Lipinski definition) is 2. The summed E-state index contributed by atoms with van der Waals surface area (Å²) in [6.45, 7) is 4.97. The average molecular weight is 511 g/mol. The summed E-state index contributed by atoms with van der Waals surface area (Å²) < 4.78 is 28.2. The number of nitrogens with one attached hydrogen (secondary N) is 1. The van der Waals surface area contributed by atoms with Crippen molar-refractivity contribution in [2.45, 2.75) is 31.2 Å². The van der Waals surface area contributed by atoms with Crippen LogP contribution in [0.1, 0.15) is 25.3 Å². The maximum absolute atomic E-state index is 13.7. The highest BCUT2D eigenvalue weighted by Gasteiger charge is 2.45. The number of halogens is 3. The molecule has 0 saturated carbocycles. The quantitative estimate of drug-likeness (QED) is 0.613. The summed E-state index contributed by atoms with van der Waals surface area (Å²) in [5.74, 6) is -1.84. The van der Waals surface area contributed by atoms with Gasteiger partial charge >= 0.3 is 6.03 Å². The van der Waals surface area contributed by atoms with E-state index in [1.165, 1.54) is 15.2 Å². The third kappa shape index (κ3) is 3.74. The molecule has 1 atom stereocenters. The van der Waals surface area contributed by atoms with Gasteiger partial charge in [0.2, 0.25) is 0 Å². The number of rotatable bonds is 4. The van der Waals surface area contributed by atoms with Crippen molar-refractivity contribution in [1.82, 2.24) is 10.2 Å². The van der Waals surface area contributed by atoms with Gasteiger partial charge in [-0.25, -0.2) is 13.6 Å². The number of nitrogens with zero attached hydrogens (tertiary/aromatic N) is 2. The largest absolute Gasteiger partial charge is 0.324 e. The fourth-order valence-electron chi connectivity index (χ4n) is 4.71. The first-order chi connectivity index (χ1) is 13.9. The van der Waals surface area contributed by atoms with Crippen molar-refractivity contribution in [3.8, 4) is 0 Å². The molecule has 4 rings (SSSR count). The molecular weight excluding hydrogens is 487 g/mol. The van der Waals surface area contributed by atoms with E-state index in [9.17, 15) is 13.6 Å². The Hall–Kier alpha value is -1.74. The third-order valence-electron chi connectivity index (χ3n) is 6.44. The Morgan fingerprint density at radius 2 is 1.72 bits per heavy atom. The molecule has 1 unspecified atom stereocenters. The number of urea groups is 1. The van der Waals surface area contributed by atoms with E-state index in [1.54, 1.807) is 4.90 Å². The number of amides is 2. The summed E-state index contributed by atoms with van der Waals surface area (Å²) in [5.41, 5.74) is 1.53. The van der Waals surface area contributed by atoms with Crippen molar-refractivity contribution < 1.29 is 13.6 Å². The van der Waals surface area contributed by atoms with Gasteiger partial charge in [0.1, 0.15) is 0 Å². The van der Waals surface area contributed by atoms with Gasteiger partial charge < -0.3 is 10.2 Å². The Labute approximate surface area is 183 Å². The van der Waals surface area contributed by atoms with Gasteiger partial charge in [0, 0.05) is 39.9 Å². The Bertz CT molecular complexity index is 899. The normalized spacial score (nSPS) is 20.2. The fraction of sp³-hybridized carbons (Fsp3) is 0.409. The van der Waals surface area contributed by atoms with Crippen LogP contribution in [-0.2, 0) is 5.41 Å². The maximum Gasteiger partial charge on any atom is 0.324 e. The van der Waals surface area contributed by atoms with E-state index < -0.39 is 11.6 Å². The van der Waals surface area contributed by atoms with Crippen LogP contribution in [0.2, 0.25) is 0 Å². The first-order valence-corrected chi connectivity index (χ1v) is 11.0. The maximum atomic E-state index is 13.7. The molecule has 0 spiro atoms. The Morgan fingerprint density at radius 1 is 1.03 bits per heavy atom. The summed E-state index contributed by atoms with van der Waals surface area (Å²) in [4.78, 5) is 16.7. The van der Waals surface area contributed by atoms with E-state index >= 15 is 0 Å². The van der Waals surface area contributed by atoms with E-state index in [4.69, 9.17) is 0 Å². The number of carbonyl (C=O) groups is 1.